The minimum atomic E-state index is -4.47. The van der Waals surface area contributed by atoms with Crippen LogP contribution in [-0.2, 0) is 22.0 Å². The number of alkyl halides is 3. The molecule has 4 rings (SSSR count). The normalized spacial score (nSPS) is 14.3. The van der Waals surface area contributed by atoms with Gasteiger partial charge in [0.15, 0.2) is 5.82 Å². The van der Waals surface area contributed by atoms with Gasteiger partial charge in [-0.1, -0.05) is 12.1 Å². The molecule has 2 aromatic carbocycles. The molecular formula is C22H22F3N5O2S. The molecule has 3 aromatic rings. The van der Waals surface area contributed by atoms with Crippen LogP contribution in [0.2, 0.25) is 0 Å². The molecule has 174 valence electrons. The number of nitrogens with zero attached hydrogens (tertiary/aromatic N) is 3. The zero-order valence-corrected chi connectivity index (χ0v) is 18.3. The summed E-state index contributed by atoms with van der Waals surface area (Å²) < 4.78 is 65.3. The summed E-state index contributed by atoms with van der Waals surface area (Å²) in [5, 5.41) is 11.3. The van der Waals surface area contributed by atoms with Crippen molar-refractivity contribution in [1.29, 1.82) is 0 Å². The molecule has 0 aliphatic carbocycles. The van der Waals surface area contributed by atoms with Crippen LogP contribution in [0.15, 0.2) is 60.8 Å². The molecule has 0 saturated carbocycles. The van der Waals surface area contributed by atoms with E-state index in [1.54, 1.807) is 30.5 Å². The lowest BCUT2D eigenvalue weighted by Crippen LogP contribution is -2.18. The topological polar surface area (TPSA) is 87.2 Å². The average Bonchev–Trinajstić information content (AvgIpc) is 3.30. The maximum absolute atomic E-state index is 12.7. The van der Waals surface area contributed by atoms with E-state index < -0.39 is 27.5 Å². The second kappa shape index (κ2) is 9.26. The van der Waals surface area contributed by atoms with Gasteiger partial charge in [0.2, 0.25) is 10.0 Å². The minimum Gasteiger partial charge on any atom is -0.370 e. The molecule has 0 unspecified atom stereocenters. The van der Waals surface area contributed by atoms with Crippen molar-refractivity contribution >= 4 is 32.9 Å². The maximum Gasteiger partial charge on any atom is 0.416 e. The Morgan fingerprint density at radius 1 is 0.939 bits per heavy atom. The average molecular weight is 478 g/mol. The SMILES string of the molecule is O=S(=O)(Cc1ccc(C(F)(F)F)cc1)Nc1ccc(Nc2cc(N3CCCC3)cnn2)cc1. The van der Waals surface area contributed by atoms with Crippen LogP contribution in [0.5, 0.6) is 0 Å². The number of sulfonamides is 1. The van der Waals surface area contributed by atoms with Crippen LogP contribution in [0.3, 0.4) is 0 Å². The smallest absolute Gasteiger partial charge is 0.370 e. The standard InChI is InChI=1S/C22H22F3N5O2S/c23-22(24,25)17-5-3-16(4-6-17)15-33(31,32)29-19-9-7-18(8-10-19)27-21-13-20(14-26-28-21)30-11-1-2-12-30/h3-10,13-14,29H,1-2,11-12,15H2,(H,27,28). The summed E-state index contributed by atoms with van der Waals surface area (Å²) in [5.41, 5.74) is 1.47. The zero-order valence-electron chi connectivity index (χ0n) is 17.5. The molecule has 0 radical (unpaired) electrons. The molecule has 1 aliphatic heterocycles. The van der Waals surface area contributed by atoms with E-state index in [1.165, 1.54) is 0 Å². The molecule has 0 amide bonds. The number of rotatable bonds is 7. The van der Waals surface area contributed by atoms with Gasteiger partial charge in [-0.25, -0.2) is 8.42 Å². The quantitative estimate of drug-likeness (QED) is 0.509. The van der Waals surface area contributed by atoms with E-state index >= 15 is 0 Å². The Balaban J connectivity index is 1.37. The van der Waals surface area contributed by atoms with Crippen LogP contribution >= 0.6 is 0 Å². The lowest BCUT2D eigenvalue weighted by Gasteiger charge is -2.17. The van der Waals surface area contributed by atoms with Gasteiger partial charge in [0.1, 0.15) is 0 Å². The van der Waals surface area contributed by atoms with Crippen molar-refractivity contribution in [3.63, 3.8) is 0 Å². The van der Waals surface area contributed by atoms with E-state index in [2.05, 4.69) is 25.1 Å². The Labute approximate surface area is 189 Å². The summed E-state index contributed by atoms with van der Waals surface area (Å²) in [4.78, 5) is 2.24. The van der Waals surface area contributed by atoms with Crippen LogP contribution in [0.1, 0.15) is 24.0 Å². The summed E-state index contributed by atoms with van der Waals surface area (Å²) in [6.45, 7) is 1.99. The highest BCUT2D eigenvalue weighted by molar-refractivity contribution is 7.91. The number of hydrogen-bond donors (Lipinski definition) is 2. The monoisotopic (exact) mass is 477 g/mol. The van der Waals surface area contributed by atoms with Crippen LogP contribution < -0.4 is 14.9 Å². The van der Waals surface area contributed by atoms with Crippen LogP contribution in [0.25, 0.3) is 0 Å². The van der Waals surface area contributed by atoms with E-state index in [4.69, 9.17) is 0 Å². The van der Waals surface area contributed by atoms with Crippen molar-refractivity contribution in [1.82, 2.24) is 10.2 Å². The number of benzene rings is 2. The molecule has 1 fully saturated rings. The summed E-state index contributed by atoms with van der Waals surface area (Å²) >= 11 is 0. The zero-order chi connectivity index (χ0) is 23.5. The number of halogens is 3. The van der Waals surface area contributed by atoms with E-state index in [0.717, 1.165) is 55.9 Å². The van der Waals surface area contributed by atoms with Gasteiger partial charge in [-0.05, 0) is 54.8 Å². The van der Waals surface area contributed by atoms with E-state index in [9.17, 15) is 21.6 Å². The molecule has 7 nitrogen and oxygen atoms in total. The summed E-state index contributed by atoms with van der Waals surface area (Å²) in [5.74, 6) is 0.138. The Bertz CT molecular complexity index is 1190. The van der Waals surface area contributed by atoms with E-state index in [0.29, 0.717) is 17.2 Å². The number of anilines is 4. The third-order valence-corrected chi connectivity index (χ3v) is 6.44. The van der Waals surface area contributed by atoms with Gasteiger partial charge in [-0.2, -0.15) is 18.3 Å². The first-order valence-electron chi connectivity index (χ1n) is 10.3. The van der Waals surface area contributed by atoms with Gasteiger partial charge >= 0.3 is 6.18 Å². The molecule has 1 aromatic heterocycles. The number of nitrogens with one attached hydrogen (secondary N) is 2. The third-order valence-electron chi connectivity index (χ3n) is 5.18. The van der Waals surface area contributed by atoms with Crippen molar-refractivity contribution in [2.45, 2.75) is 24.8 Å². The Morgan fingerprint density at radius 2 is 1.58 bits per heavy atom. The number of aromatic nitrogens is 2. The Kier molecular flexibility index (Phi) is 6.41. The van der Waals surface area contributed by atoms with Gasteiger partial charge in [0.25, 0.3) is 0 Å². The summed E-state index contributed by atoms with van der Waals surface area (Å²) in [6.07, 6.45) is -0.430. The number of hydrogen-bond acceptors (Lipinski definition) is 6. The fourth-order valence-corrected chi connectivity index (χ4v) is 4.76. The van der Waals surface area contributed by atoms with Crippen molar-refractivity contribution in [3.8, 4) is 0 Å². The Hall–Kier alpha value is -3.34. The molecule has 11 heteroatoms. The highest BCUT2D eigenvalue weighted by Gasteiger charge is 2.30. The van der Waals surface area contributed by atoms with Gasteiger partial charge in [-0.3, -0.25) is 4.72 Å². The molecule has 1 saturated heterocycles. The second-order valence-corrected chi connectivity index (χ2v) is 9.47. The lowest BCUT2D eigenvalue weighted by atomic mass is 10.1. The van der Waals surface area contributed by atoms with Gasteiger partial charge in [-0.15, -0.1) is 5.10 Å². The van der Waals surface area contributed by atoms with E-state index in [-0.39, 0.29) is 5.56 Å². The lowest BCUT2D eigenvalue weighted by molar-refractivity contribution is -0.137. The molecule has 0 atom stereocenters. The van der Waals surface area contributed by atoms with Crippen molar-refractivity contribution < 1.29 is 21.6 Å². The first kappa shape index (κ1) is 22.8. The first-order valence-corrected chi connectivity index (χ1v) is 11.9. The summed E-state index contributed by atoms with van der Waals surface area (Å²) in [7, 11) is -3.80. The fraction of sp³-hybridized carbons (Fsp3) is 0.273. The highest BCUT2D eigenvalue weighted by Crippen LogP contribution is 2.29. The van der Waals surface area contributed by atoms with Crippen LogP contribution in [-0.4, -0.2) is 31.7 Å². The molecule has 1 aliphatic rings. The molecule has 0 bridgehead atoms. The fourth-order valence-electron chi connectivity index (χ4n) is 3.56. The van der Waals surface area contributed by atoms with Crippen molar-refractivity contribution in [3.05, 3.63) is 71.9 Å². The van der Waals surface area contributed by atoms with Crippen molar-refractivity contribution in [2.24, 2.45) is 0 Å². The largest absolute Gasteiger partial charge is 0.416 e. The molecule has 2 N–H and O–H groups in total. The van der Waals surface area contributed by atoms with Crippen molar-refractivity contribution in [2.75, 3.05) is 28.0 Å². The van der Waals surface area contributed by atoms with Gasteiger partial charge in [0, 0.05) is 30.5 Å². The predicted molar refractivity (Wildman–Crippen MR) is 121 cm³/mol. The van der Waals surface area contributed by atoms with Crippen LogP contribution in [0.4, 0.5) is 36.1 Å². The summed E-state index contributed by atoms with van der Waals surface area (Å²) in [6, 6.07) is 12.5. The minimum absolute atomic E-state index is 0.255. The molecule has 33 heavy (non-hydrogen) atoms. The second-order valence-electron chi connectivity index (χ2n) is 7.75. The molecular weight excluding hydrogens is 455 g/mol. The highest BCUT2D eigenvalue weighted by atomic mass is 32.2. The maximum atomic E-state index is 12.7. The predicted octanol–water partition coefficient (Wildman–Crippen LogP) is 4.78. The van der Waals surface area contributed by atoms with Crippen LogP contribution in [0, 0.1) is 0 Å². The first-order chi connectivity index (χ1) is 15.7. The Morgan fingerprint density at radius 3 is 2.21 bits per heavy atom. The van der Waals surface area contributed by atoms with Gasteiger partial charge in [0.05, 0.1) is 23.2 Å². The third kappa shape index (κ3) is 6.13. The molecule has 2 heterocycles. The molecule has 0 spiro atoms. The van der Waals surface area contributed by atoms with E-state index in [1.807, 2.05) is 6.07 Å². The van der Waals surface area contributed by atoms with Gasteiger partial charge < -0.3 is 10.2 Å².